The second-order valence-electron chi connectivity index (χ2n) is 8.75. The summed E-state index contributed by atoms with van der Waals surface area (Å²) < 4.78 is 5.07. The highest BCUT2D eigenvalue weighted by Gasteiger charge is 2.33. The average molecular weight is 352 g/mol. The molecular formula is C23H28O3. The Balaban J connectivity index is 2.46. The molecule has 0 unspecified atom stereocenters. The molecule has 0 N–H and O–H groups in total. The van der Waals surface area contributed by atoms with E-state index in [1.165, 1.54) is 6.92 Å². The molecule has 0 atom stereocenters. The molecule has 1 aromatic rings. The van der Waals surface area contributed by atoms with Crippen LogP contribution in [0.15, 0.2) is 53.1 Å². The molecule has 138 valence electrons. The minimum Gasteiger partial charge on any atom is -0.427 e. The standard InChI is InChI=1S/C23H28O3/c1-15(24)26-18-10-8-16(9-11-18)12-17-13-19(22(2,3)4)21(25)20(14-17)23(5,6)7/h8-14H,1-7H3. The fourth-order valence-electron chi connectivity index (χ4n) is 2.84. The van der Waals surface area contributed by atoms with Gasteiger partial charge in [0.1, 0.15) is 5.75 Å². The Hall–Kier alpha value is -2.42. The molecule has 0 saturated carbocycles. The number of carbonyl (C=O) groups excluding carboxylic acids is 2. The largest absolute Gasteiger partial charge is 0.427 e. The van der Waals surface area contributed by atoms with E-state index in [1.54, 1.807) is 12.1 Å². The van der Waals surface area contributed by atoms with E-state index in [2.05, 4.69) is 41.5 Å². The van der Waals surface area contributed by atoms with Gasteiger partial charge in [0.05, 0.1) is 0 Å². The molecule has 1 aliphatic rings. The first-order valence-electron chi connectivity index (χ1n) is 8.87. The Morgan fingerprint density at radius 2 is 1.35 bits per heavy atom. The molecule has 3 nitrogen and oxygen atoms in total. The highest BCUT2D eigenvalue weighted by atomic mass is 16.5. The maximum atomic E-state index is 13.0. The zero-order valence-electron chi connectivity index (χ0n) is 16.8. The molecule has 0 radical (unpaired) electrons. The van der Waals surface area contributed by atoms with Crippen molar-refractivity contribution in [1.29, 1.82) is 0 Å². The summed E-state index contributed by atoms with van der Waals surface area (Å²) in [4.78, 5) is 24.0. The van der Waals surface area contributed by atoms with Crippen LogP contribution in [0.5, 0.6) is 5.75 Å². The topological polar surface area (TPSA) is 43.4 Å². The third-order valence-corrected chi connectivity index (χ3v) is 4.20. The Morgan fingerprint density at radius 1 is 0.885 bits per heavy atom. The molecule has 0 spiro atoms. The van der Waals surface area contributed by atoms with E-state index in [0.29, 0.717) is 5.75 Å². The molecule has 0 amide bonds. The van der Waals surface area contributed by atoms with Crippen molar-refractivity contribution in [3.05, 3.63) is 58.7 Å². The van der Waals surface area contributed by atoms with Gasteiger partial charge in [0.25, 0.3) is 0 Å². The smallest absolute Gasteiger partial charge is 0.308 e. The van der Waals surface area contributed by atoms with E-state index >= 15 is 0 Å². The van der Waals surface area contributed by atoms with E-state index < -0.39 is 0 Å². The van der Waals surface area contributed by atoms with Crippen LogP contribution in [0.4, 0.5) is 0 Å². The lowest BCUT2D eigenvalue weighted by Gasteiger charge is -2.31. The van der Waals surface area contributed by atoms with Crippen LogP contribution in [0.3, 0.4) is 0 Å². The predicted octanol–water partition coefficient (Wildman–Crippen LogP) is 5.52. The quantitative estimate of drug-likeness (QED) is 0.520. The van der Waals surface area contributed by atoms with E-state index in [1.807, 2.05) is 30.4 Å². The van der Waals surface area contributed by atoms with Gasteiger partial charge in [0, 0.05) is 18.1 Å². The van der Waals surface area contributed by atoms with Crippen LogP contribution >= 0.6 is 0 Å². The first-order valence-corrected chi connectivity index (χ1v) is 8.87. The summed E-state index contributed by atoms with van der Waals surface area (Å²) in [6.45, 7) is 13.8. The van der Waals surface area contributed by atoms with Gasteiger partial charge in [-0.2, -0.15) is 0 Å². The summed E-state index contributed by atoms with van der Waals surface area (Å²) in [6, 6.07) is 7.34. The van der Waals surface area contributed by atoms with Crippen molar-refractivity contribution in [3.8, 4) is 5.75 Å². The normalized spacial score (nSPS) is 15.3. The minimum atomic E-state index is -0.336. The van der Waals surface area contributed by atoms with Crippen molar-refractivity contribution in [3.63, 3.8) is 0 Å². The van der Waals surface area contributed by atoms with Crippen molar-refractivity contribution in [1.82, 2.24) is 0 Å². The van der Waals surface area contributed by atoms with Crippen molar-refractivity contribution in [2.75, 3.05) is 0 Å². The second-order valence-corrected chi connectivity index (χ2v) is 8.75. The maximum absolute atomic E-state index is 13.0. The zero-order chi connectivity index (χ0) is 19.7. The number of allylic oxidation sites excluding steroid dienone is 5. The van der Waals surface area contributed by atoms with Crippen molar-refractivity contribution < 1.29 is 14.3 Å². The van der Waals surface area contributed by atoms with Crippen LogP contribution in [0.25, 0.3) is 6.08 Å². The number of hydrogen-bond acceptors (Lipinski definition) is 3. The number of rotatable bonds is 2. The van der Waals surface area contributed by atoms with Gasteiger partial charge in [-0.1, -0.05) is 53.7 Å². The number of Topliss-reactive ketones (excluding diaryl/α,β-unsaturated/α-hetero) is 1. The summed E-state index contributed by atoms with van der Waals surface area (Å²) in [6.07, 6.45) is 6.01. The predicted molar refractivity (Wildman–Crippen MR) is 106 cm³/mol. The third kappa shape index (κ3) is 4.81. The Morgan fingerprint density at radius 3 is 1.73 bits per heavy atom. The van der Waals surface area contributed by atoms with Gasteiger partial charge in [-0.3, -0.25) is 9.59 Å². The van der Waals surface area contributed by atoms with Crippen LogP contribution in [0.2, 0.25) is 0 Å². The summed E-state index contributed by atoms with van der Waals surface area (Å²) in [5, 5.41) is 0. The fourth-order valence-corrected chi connectivity index (χ4v) is 2.84. The summed E-state index contributed by atoms with van der Waals surface area (Å²) in [7, 11) is 0. The maximum Gasteiger partial charge on any atom is 0.308 e. The first-order chi connectivity index (χ1) is 11.9. The van der Waals surface area contributed by atoms with E-state index in [0.717, 1.165) is 22.3 Å². The van der Waals surface area contributed by atoms with Crippen molar-refractivity contribution in [2.24, 2.45) is 10.8 Å². The van der Waals surface area contributed by atoms with Crippen LogP contribution in [-0.2, 0) is 9.59 Å². The monoisotopic (exact) mass is 352 g/mol. The molecule has 0 fully saturated rings. The average Bonchev–Trinajstić information content (AvgIpc) is 2.48. The van der Waals surface area contributed by atoms with Gasteiger partial charge in [-0.15, -0.1) is 0 Å². The number of esters is 1. The minimum absolute atomic E-state index is 0.132. The van der Waals surface area contributed by atoms with Crippen molar-refractivity contribution >= 4 is 17.8 Å². The number of hydrogen-bond donors (Lipinski definition) is 0. The molecule has 0 aromatic heterocycles. The molecule has 0 bridgehead atoms. The fraction of sp³-hybridized carbons (Fsp3) is 0.391. The van der Waals surface area contributed by atoms with Gasteiger partial charge in [-0.25, -0.2) is 0 Å². The number of carbonyl (C=O) groups is 2. The molecule has 0 aliphatic heterocycles. The van der Waals surface area contributed by atoms with Gasteiger partial charge < -0.3 is 4.74 Å². The van der Waals surface area contributed by atoms with Gasteiger partial charge in [0.2, 0.25) is 0 Å². The third-order valence-electron chi connectivity index (χ3n) is 4.20. The van der Waals surface area contributed by atoms with Gasteiger partial charge >= 0.3 is 5.97 Å². The SMILES string of the molecule is CC(=O)Oc1ccc(C=C2C=C(C(C)(C)C)C(=O)C(C(C)(C)C)=C2)cc1. The van der Waals surface area contributed by atoms with Crippen molar-refractivity contribution in [2.45, 2.75) is 48.5 Å². The lowest BCUT2D eigenvalue weighted by atomic mass is 9.72. The molecule has 1 aromatic carbocycles. The molecule has 1 aliphatic carbocycles. The Bertz CT molecular complexity index is 768. The van der Waals surface area contributed by atoms with Crippen LogP contribution in [0.1, 0.15) is 54.0 Å². The number of ketones is 1. The van der Waals surface area contributed by atoms with E-state index in [9.17, 15) is 9.59 Å². The first kappa shape index (κ1) is 19.9. The molecule has 0 saturated heterocycles. The second kappa shape index (κ2) is 7.06. The summed E-state index contributed by atoms with van der Waals surface area (Å²) in [5.74, 6) is 0.320. The number of ether oxygens (including phenoxy) is 1. The highest BCUT2D eigenvalue weighted by molar-refractivity contribution is 6.12. The molecule has 2 rings (SSSR count). The molecule has 0 heterocycles. The molecule has 3 heteroatoms. The van der Waals surface area contributed by atoms with Gasteiger partial charge in [0.15, 0.2) is 5.78 Å². The van der Waals surface area contributed by atoms with E-state index in [-0.39, 0.29) is 22.6 Å². The lowest BCUT2D eigenvalue weighted by Crippen LogP contribution is -2.27. The Labute approximate surface area is 156 Å². The van der Waals surface area contributed by atoms with Crippen LogP contribution in [-0.4, -0.2) is 11.8 Å². The number of benzene rings is 1. The molecule has 26 heavy (non-hydrogen) atoms. The van der Waals surface area contributed by atoms with E-state index in [4.69, 9.17) is 4.74 Å². The van der Waals surface area contributed by atoms with Crippen LogP contribution in [0, 0.1) is 10.8 Å². The molecular weight excluding hydrogens is 324 g/mol. The van der Waals surface area contributed by atoms with Crippen LogP contribution < -0.4 is 4.74 Å². The lowest BCUT2D eigenvalue weighted by molar-refractivity contribution is -0.131. The highest BCUT2D eigenvalue weighted by Crippen LogP contribution is 2.39. The Kier molecular flexibility index (Phi) is 5.41. The van der Waals surface area contributed by atoms with Gasteiger partial charge in [-0.05, 0) is 52.3 Å². The summed E-state index contributed by atoms with van der Waals surface area (Å²) >= 11 is 0. The zero-order valence-corrected chi connectivity index (χ0v) is 16.8. The summed E-state index contributed by atoms with van der Waals surface area (Å²) in [5.41, 5.74) is 3.19.